The Morgan fingerprint density at radius 1 is 1.24 bits per heavy atom. The highest BCUT2D eigenvalue weighted by Crippen LogP contribution is 2.36. The second kappa shape index (κ2) is 8.57. The number of primary amides is 1. The second-order valence-corrected chi connectivity index (χ2v) is 10.5. The number of fused-ring (bicyclic) bond motifs is 3. The molecule has 1 aliphatic rings. The number of nitrogens with two attached hydrogens (primary N) is 1. The Hall–Kier alpha value is -3.30. The number of aryl methyl sites for hydroxylation is 1. The summed E-state index contributed by atoms with van der Waals surface area (Å²) in [5, 5.41) is 3.77. The van der Waals surface area contributed by atoms with Crippen molar-refractivity contribution in [3.63, 3.8) is 0 Å². The molecule has 3 aromatic heterocycles. The lowest BCUT2D eigenvalue weighted by atomic mass is 9.89. The summed E-state index contributed by atoms with van der Waals surface area (Å²) in [4.78, 5) is 45.2. The van der Waals surface area contributed by atoms with Gasteiger partial charge in [0, 0.05) is 9.75 Å². The summed E-state index contributed by atoms with van der Waals surface area (Å²) in [6.45, 7) is 2.02. The molecule has 0 saturated carbocycles. The van der Waals surface area contributed by atoms with Crippen LogP contribution in [-0.2, 0) is 24.2 Å². The predicted molar refractivity (Wildman–Crippen MR) is 132 cm³/mol. The zero-order valence-corrected chi connectivity index (χ0v) is 19.6. The standard InChI is InChI=1S/C24H22N4O3S2/c1-13-7-8-15-18(9-13)33-23-20(15)24(31)28(12-26-23)11-19(29)27-22-16(21(25)30)10-17(32-22)14-5-3-2-4-6-14/h2-6,10,12-13H,7-9,11H2,1H3,(H2,25,30)(H,27,29). The van der Waals surface area contributed by atoms with Gasteiger partial charge in [0.25, 0.3) is 11.5 Å². The smallest absolute Gasteiger partial charge is 0.262 e. The van der Waals surface area contributed by atoms with Gasteiger partial charge in [0.2, 0.25) is 5.91 Å². The van der Waals surface area contributed by atoms with Crippen LogP contribution in [0.5, 0.6) is 0 Å². The van der Waals surface area contributed by atoms with Crippen LogP contribution in [0.15, 0.2) is 47.5 Å². The first kappa shape index (κ1) is 21.5. The molecule has 0 saturated heterocycles. The van der Waals surface area contributed by atoms with Crippen molar-refractivity contribution in [2.24, 2.45) is 11.7 Å². The zero-order valence-electron chi connectivity index (χ0n) is 18.0. The van der Waals surface area contributed by atoms with Crippen LogP contribution >= 0.6 is 22.7 Å². The number of thiophene rings is 2. The molecule has 7 nitrogen and oxygen atoms in total. The molecule has 1 aromatic carbocycles. The van der Waals surface area contributed by atoms with E-state index in [1.54, 1.807) is 17.4 Å². The van der Waals surface area contributed by atoms with E-state index >= 15 is 0 Å². The second-order valence-electron chi connectivity index (χ2n) is 8.34. The van der Waals surface area contributed by atoms with E-state index in [1.165, 1.54) is 27.1 Å². The van der Waals surface area contributed by atoms with Gasteiger partial charge < -0.3 is 11.1 Å². The Balaban J connectivity index is 1.42. The molecule has 1 atom stereocenters. The average Bonchev–Trinajstić information content (AvgIpc) is 3.37. The third-order valence-corrected chi connectivity index (χ3v) is 8.17. The van der Waals surface area contributed by atoms with Crippen LogP contribution in [0.4, 0.5) is 5.00 Å². The van der Waals surface area contributed by atoms with E-state index in [9.17, 15) is 14.4 Å². The fourth-order valence-corrected chi connectivity index (χ4v) is 6.64. The van der Waals surface area contributed by atoms with Crippen molar-refractivity contribution in [1.82, 2.24) is 9.55 Å². The number of nitrogens with one attached hydrogen (secondary N) is 1. The molecule has 1 unspecified atom stereocenters. The van der Waals surface area contributed by atoms with Gasteiger partial charge in [-0.2, -0.15) is 0 Å². The van der Waals surface area contributed by atoms with Crippen molar-refractivity contribution in [3.8, 4) is 10.4 Å². The molecular weight excluding hydrogens is 456 g/mol. The lowest BCUT2D eigenvalue weighted by Crippen LogP contribution is -2.28. The molecule has 33 heavy (non-hydrogen) atoms. The van der Waals surface area contributed by atoms with Gasteiger partial charge in [-0.05, 0) is 42.4 Å². The van der Waals surface area contributed by atoms with E-state index in [4.69, 9.17) is 5.73 Å². The Labute approximate surface area is 197 Å². The summed E-state index contributed by atoms with van der Waals surface area (Å²) in [5.41, 5.74) is 7.59. The zero-order chi connectivity index (χ0) is 23.1. The van der Waals surface area contributed by atoms with Crippen molar-refractivity contribution >= 4 is 49.7 Å². The molecule has 0 bridgehead atoms. The number of aromatic nitrogens is 2. The van der Waals surface area contributed by atoms with E-state index in [2.05, 4.69) is 17.2 Å². The minimum atomic E-state index is -0.622. The van der Waals surface area contributed by atoms with Crippen LogP contribution in [0.1, 0.15) is 34.1 Å². The van der Waals surface area contributed by atoms with Gasteiger partial charge in [-0.3, -0.25) is 19.0 Å². The van der Waals surface area contributed by atoms with Crippen molar-refractivity contribution in [1.29, 1.82) is 0 Å². The largest absolute Gasteiger partial charge is 0.366 e. The van der Waals surface area contributed by atoms with Crippen molar-refractivity contribution in [2.75, 3.05) is 5.32 Å². The Morgan fingerprint density at radius 2 is 2.03 bits per heavy atom. The lowest BCUT2D eigenvalue weighted by molar-refractivity contribution is -0.116. The molecule has 0 aliphatic heterocycles. The molecule has 1 aliphatic carbocycles. The molecule has 0 radical (unpaired) electrons. The van der Waals surface area contributed by atoms with Gasteiger partial charge in [-0.15, -0.1) is 22.7 Å². The highest BCUT2D eigenvalue weighted by atomic mass is 32.1. The van der Waals surface area contributed by atoms with Crippen molar-refractivity contribution in [2.45, 2.75) is 32.7 Å². The molecule has 5 rings (SSSR count). The lowest BCUT2D eigenvalue weighted by Gasteiger charge is -2.17. The van der Waals surface area contributed by atoms with Gasteiger partial charge in [-0.1, -0.05) is 37.3 Å². The minimum absolute atomic E-state index is 0.195. The summed E-state index contributed by atoms with van der Waals surface area (Å²) in [5.74, 6) is -0.437. The quantitative estimate of drug-likeness (QED) is 0.451. The van der Waals surface area contributed by atoms with Gasteiger partial charge in [-0.25, -0.2) is 4.98 Å². The fourth-order valence-electron chi connectivity index (χ4n) is 4.21. The maximum Gasteiger partial charge on any atom is 0.262 e. The van der Waals surface area contributed by atoms with Gasteiger partial charge in [0.15, 0.2) is 0 Å². The van der Waals surface area contributed by atoms with E-state index in [1.807, 2.05) is 30.3 Å². The molecule has 3 heterocycles. The van der Waals surface area contributed by atoms with Crippen molar-refractivity contribution < 1.29 is 9.59 Å². The van der Waals surface area contributed by atoms with Crippen LogP contribution in [0.2, 0.25) is 0 Å². The topological polar surface area (TPSA) is 107 Å². The average molecular weight is 479 g/mol. The molecular formula is C24H22N4O3S2. The normalized spacial score (nSPS) is 15.4. The molecule has 9 heteroatoms. The molecule has 0 spiro atoms. The number of carbonyl (C=O) groups excluding carboxylic acids is 2. The first-order chi connectivity index (χ1) is 15.9. The Morgan fingerprint density at radius 3 is 2.79 bits per heavy atom. The number of anilines is 1. The first-order valence-corrected chi connectivity index (χ1v) is 12.3. The molecule has 4 aromatic rings. The number of nitrogens with zero attached hydrogens (tertiary/aromatic N) is 2. The minimum Gasteiger partial charge on any atom is -0.366 e. The van der Waals surface area contributed by atoms with Crippen LogP contribution in [-0.4, -0.2) is 21.4 Å². The SMILES string of the molecule is CC1CCc2c(sc3ncn(CC(=O)Nc4sc(-c5ccccc5)cc4C(N)=O)c(=O)c23)C1. The summed E-state index contributed by atoms with van der Waals surface area (Å²) < 4.78 is 1.33. The molecule has 3 N–H and O–H groups in total. The van der Waals surface area contributed by atoms with Gasteiger partial charge in [0.1, 0.15) is 16.4 Å². The van der Waals surface area contributed by atoms with Gasteiger partial charge in [0.05, 0.1) is 17.3 Å². The number of hydrogen-bond acceptors (Lipinski definition) is 6. The van der Waals surface area contributed by atoms with Gasteiger partial charge >= 0.3 is 0 Å². The van der Waals surface area contributed by atoms with Crippen LogP contribution in [0.3, 0.4) is 0 Å². The maximum absolute atomic E-state index is 13.2. The third kappa shape index (κ3) is 4.09. The Bertz CT molecular complexity index is 1440. The summed E-state index contributed by atoms with van der Waals surface area (Å²) in [6, 6.07) is 11.2. The summed E-state index contributed by atoms with van der Waals surface area (Å²) in [7, 11) is 0. The van der Waals surface area contributed by atoms with Crippen LogP contribution < -0.4 is 16.6 Å². The third-order valence-electron chi connectivity index (χ3n) is 5.90. The summed E-state index contributed by atoms with van der Waals surface area (Å²) in [6.07, 6.45) is 4.30. The van der Waals surface area contributed by atoms with E-state index < -0.39 is 11.8 Å². The number of benzene rings is 1. The van der Waals surface area contributed by atoms with E-state index in [-0.39, 0.29) is 17.7 Å². The van der Waals surface area contributed by atoms with Crippen LogP contribution in [0, 0.1) is 5.92 Å². The number of hydrogen-bond donors (Lipinski definition) is 2. The van der Waals surface area contributed by atoms with E-state index in [0.717, 1.165) is 40.1 Å². The number of carbonyl (C=O) groups is 2. The summed E-state index contributed by atoms with van der Waals surface area (Å²) >= 11 is 2.85. The predicted octanol–water partition coefficient (Wildman–Crippen LogP) is 4.05. The van der Waals surface area contributed by atoms with E-state index in [0.29, 0.717) is 16.3 Å². The maximum atomic E-state index is 13.2. The van der Waals surface area contributed by atoms with Crippen molar-refractivity contribution in [3.05, 3.63) is 69.1 Å². The fraction of sp³-hybridized carbons (Fsp3) is 0.250. The molecule has 0 fully saturated rings. The molecule has 168 valence electrons. The highest BCUT2D eigenvalue weighted by Gasteiger charge is 2.24. The first-order valence-electron chi connectivity index (χ1n) is 10.7. The molecule has 2 amide bonds. The monoisotopic (exact) mass is 478 g/mol. The van der Waals surface area contributed by atoms with Crippen LogP contribution in [0.25, 0.3) is 20.7 Å². The highest BCUT2D eigenvalue weighted by molar-refractivity contribution is 7.20. The number of rotatable bonds is 5. The Kier molecular flexibility index (Phi) is 5.59. The number of amides is 2.